The third-order valence-electron chi connectivity index (χ3n) is 5.17. The van der Waals surface area contributed by atoms with E-state index in [-0.39, 0.29) is 23.8 Å². The van der Waals surface area contributed by atoms with E-state index in [2.05, 4.69) is 0 Å². The van der Waals surface area contributed by atoms with E-state index in [1.165, 1.54) is 0 Å². The number of ether oxygens (including phenoxy) is 1. The summed E-state index contributed by atoms with van der Waals surface area (Å²) in [6, 6.07) is 7.99. The largest absolute Gasteiger partial charge is 0.497 e. The van der Waals surface area contributed by atoms with Crippen LogP contribution in [0.5, 0.6) is 5.75 Å². The molecule has 1 saturated heterocycles. The average Bonchev–Trinajstić information content (AvgIpc) is 3.23. The van der Waals surface area contributed by atoms with Gasteiger partial charge in [0, 0.05) is 12.5 Å². The molecule has 23 heavy (non-hydrogen) atoms. The van der Waals surface area contributed by atoms with Crippen LogP contribution in [-0.2, 0) is 9.59 Å². The first-order chi connectivity index (χ1) is 11.1. The van der Waals surface area contributed by atoms with Crippen LogP contribution >= 0.6 is 0 Å². The predicted molar refractivity (Wildman–Crippen MR) is 85.1 cm³/mol. The number of aliphatic carboxylic acids is 1. The van der Waals surface area contributed by atoms with Crippen molar-refractivity contribution in [1.82, 2.24) is 4.90 Å². The minimum absolute atomic E-state index is 0.109. The second-order valence-electron chi connectivity index (χ2n) is 6.51. The van der Waals surface area contributed by atoms with Gasteiger partial charge in [-0.25, -0.2) is 0 Å². The van der Waals surface area contributed by atoms with Crippen molar-refractivity contribution in [1.29, 1.82) is 0 Å². The second-order valence-corrected chi connectivity index (χ2v) is 6.51. The van der Waals surface area contributed by atoms with Crippen molar-refractivity contribution < 1.29 is 19.4 Å². The highest BCUT2D eigenvalue weighted by molar-refractivity contribution is 5.81. The molecule has 0 radical (unpaired) electrons. The number of hydrogen-bond donors (Lipinski definition) is 1. The first-order valence-electron chi connectivity index (χ1n) is 8.27. The highest BCUT2D eigenvalue weighted by atomic mass is 16.5. The van der Waals surface area contributed by atoms with Crippen LogP contribution in [0.2, 0.25) is 0 Å². The number of carbonyl (C=O) groups is 2. The lowest BCUT2D eigenvalue weighted by Gasteiger charge is -2.28. The summed E-state index contributed by atoms with van der Waals surface area (Å²) >= 11 is 0. The first-order valence-corrected chi connectivity index (χ1v) is 8.27. The zero-order valence-corrected chi connectivity index (χ0v) is 13.4. The van der Waals surface area contributed by atoms with Crippen LogP contribution in [0.3, 0.4) is 0 Å². The van der Waals surface area contributed by atoms with Crippen LogP contribution in [0, 0.1) is 11.8 Å². The molecule has 0 spiro atoms. The lowest BCUT2D eigenvalue weighted by Crippen LogP contribution is -2.35. The van der Waals surface area contributed by atoms with Gasteiger partial charge in [-0.2, -0.15) is 0 Å². The van der Waals surface area contributed by atoms with Gasteiger partial charge in [0.15, 0.2) is 0 Å². The monoisotopic (exact) mass is 317 g/mol. The van der Waals surface area contributed by atoms with E-state index in [0.29, 0.717) is 19.3 Å². The fraction of sp³-hybridized carbons (Fsp3) is 0.556. The van der Waals surface area contributed by atoms with E-state index in [1.807, 2.05) is 29.2 Å². The Morgan fingerprint density at radius 1 is 1.13 bits per heavy atom. The van der Waals surface area contributed by atoms with Gasteiger partial charge in [-0.15, -0.1) is 0 Å². The van der Waals surface area contributed by atoms with Crippen molar-refractivity contribution >= 4 is 11.9 Å². The van der Waals surface area contributed by atoms with E-state index in [9.17, 15) is 9.59 Å². The molecule has 0 bridgehead atoms. The summed E-state index contributed by atoms with van der Waals surface area (Å²) < 4.78 is 5.19. The molecule has 1 saturated carbocycles. The van der Waals surface area contributed by atoms with Crippen molar-refractivity contribution in [3.8, 4) is 5.75 Å². The number of nitrogens with zero attached hydrogens (tertiary/aromatic N) is 1. The van der Waals surface area contributed by atoms with Gasteiger partial charge in [0.25, 0.3) is 0 Å². The fourth-order valence-electron chi connectivity index (χ4n) is 3.87. The molecular formula is C18H23NO4. The van der Waals surface area contributed by atoms with E-state index in [4.69, 9.17) is 9.84 Å². The summed E-state index contributed by atoms with van der Waals surface area (Å²) in [6.45, 7) is 0.768. The molecule has 1 aliphatic carbocycles. The van der Waals surface area contributed by atoms with E-state index >= 15 is 0 Å². The molecule has 2 aliphatic rings. The minimum Gasteiger partial charge on any atom is -0.497 e. The molecule has 1 aromatic rings. The Morgan fingerprint density at radius 3 is 2.43 bits per heavy atom. The molecule has 0 aromatic heterocycles. The number of rotatable bonds is 4. The van der Waals surface area contributed by atoms with E-state index < -0.39 is 5.97 Å². The zero-order chi connectivity index (χ0) is 16.4. The van der Waals surface area contributed by atoms with Gasteiger partial charge in [-0.3, -0.25) is 9.59 Å². The molecule has 3 rings (SSSR count). The van der Waals surface area contributed by atoms with Crippen LogP contribution in [-0.4, -0.2) is 35.5 Å². The highest BCUT2D eigenvalue weighted by Crippen LogP contribution is 2.38. The number of carbonyl (C=O) groups excluding carboxylic acids is 1. The Kier molecular flexibility index (Phi) is 4.55. The van der Waals surface area contributed by atoms with Crippen LogP contribution in [0.4, 0.5) is 0 Å². The Bertz CT molecular complexity index is 583. The SMILES string of the molecule is COc1ccc(C2CCCN2C(=O)[C@@H]2CC[C@H](C(=O)O)C2)cc1. The van der Waals surface area contributed by atoms with Crippen molar-refractivity contribution in [2.24, 2.45) is 11.8 Å². The summed E-state index contributed by atoms with van der Waals surface area (Å²) in [4.78, 5) is 25.9. The molecule has 1 heterocycles. The third-order valence-corrected chi connectivity index (χ3v) is 5.17. The Morgan fingerprint density at radius 2 is 1.83 bits per heavy atom. The van der Waals surface area contributed by atoms with Crippen LogP contribution in [0.25, 0.3) is 0 Å². The molecule has 1 unspecified atom stereocenters. The zero-order valence-electron chi connectivity index (χ0n) is 13.4. The second kappa shape index (κ2) is 6.60. The maximum atomic E-state index is 12.8. The number of amides is 1. The standard InChI is InChI=1S/C18H23NO4/c1-23-15-8-6-12(7-9-15)16-3-2-10-19(16)17(20)13-4-5-14(11-13)18(21)22/h6-9,13-14,16H,2-5,10-11H2,1H3,(H,21,22)/t13-,14+,16?/m1/s1. The summed E-state index contributed by atoms with van der Waals surface area (Å²) in [5, 5.41) is 9.12. The predicted octanol–water partition coefficient (Wildman–Crippen LogP) is 2.86. The lowest BCUT2D eigenvalue weighted by atomic mass is 10.0. The molecule has 3 atom stereocenters. The maximum Gasteiger partial charge on any atom is 0.306 e. The fourth-order valence-corrected chi connectivity index (χ4v) is 3.87. The Balaban J connectivity index is 1.71. The molecule has 1 aliphatic heterocycles. The number of carboxylic acids is 1. The maximum absolute atomic E-state index is 12.8. The lowest BCUT2D eigenvalue weighted by molar-refractivity contribution is -0.141. The first kappa shape index (κ1) is 15.8. The number of carboxylic acid groups (broad SMARTS) is 1. The highest BCUT2D eigenvalue weighted by Gasteiger charge is 2.39. The Labute approximate surface area is 136 Å². The van der Waals surface area contributed by atoms with Crippen molar-refractivity contribution in [3.05, 3.63) is 29.8 Å². The van der Waals surface area contributed by atoms with Gasteiger partial charge in [0.1, 0.15) is 5.75 Å². The average molecular weight is 317 g/mol. The van der Waals surface area contributed by atoms with Crippen molar-refractivity contribution in [2.45, 2.75) is 38.1 Å². The van der Waals surface area contributed by atoms with Gasteiger partial charge >= 0.3 is 5.97 Å². The Hall–Kier alpha value is -2.04. The molecule has 1 amide bonds. The van der Waals surface area contributed by atoms with Crippen LogP contribution in [0.15, 0.2) is 24.3 Å². The molecular weight excluding hydrogens is 294 g/mol. The van der Waals surface area contributed by atoms with Crippen molar-refractivity contribution in [3.63, 3.8) is 0 Å². The minimum atomic E-state index is -0.770. The van der Waals surface area contributed by atoms with Crippen LogP contribution < -0.4 is 4.74 Å². The van der Waals surface area contributed by atoms with Crippen molar-refractivity contribution in [2.75, 3.05) is 13.7 Å². The molecule has 5 nitrogen and oxygen atoms in total. The van der Waals surface area contributed by atoms with Gasteiger partial charge in [0.2, 0.25) is 5.91 Å². The third kappa shape index (κ3) is 3.19. The van der Waals surface area contributed by atoms with E-state index in [1.54, 1.807) is 7.11 Å². The molecule has 5 heteroatoms. The van der Waals surface area contributed by atoms with Gasteiger partial charge in [-0.1, -0.05) is 12.1 Å². The molecule has 1 N–H and O–H groups in total. The number of benzene rings is 1. The normalized spacial score (nSPS) is 27.2. The molecule has 2 fully saturated rings. The smallest absolute Gasteiger partial charge is 0.306 e. The topological polar surface area (TPSA) is 66.8 Å². The summed E-state index contributed by atoms with van der Waals surface area (Å²) in [7, 11) is 1.64. The van der Waals surface area contributed by atoms with Crippen LogP contribution in [0.1, 0.15) is 43.7 Å². The van der Waals surface area contributed by atoms with Gasteiger partial charge in [-0.05, 0) is 49.8 Å². The number of methoxy groups -OCH3 is 1. The van der Waals surface area contributed by atoms with Gasteiger partial charge < -0.3 is 14.7 Å². The quantitative estimate of drug-likeness (QED) is 0.927. The molecule has 1 aromatic carbocycles. The number of likely N-dealkylation sites (tertiary alicyclic amines) is 1. The number of hydrogen-bond acceptors (Lipinski definition) is 3. The van der Waals surface area contributed by atoms with E-state index in [0.717, 1.165) is 30.7 Å². The molecule has 124 valence electrons. The summed E-state index contributed by atoms with van der Waals surface area (Å²) in [5.41, 5.74) is 1.13. The van der Waals surface area contributed by atoms with Gasteiger partial charge in [0.05, 0.1) is 19.1 Å². The summed E-state index contributed by atoms with van der Waals surface area (Å²) in [6.07, 6.45) is 3.76. The summed E-state index contributed by atoms with van der Waals surface area (Å²) in [5.74, 6) is -0.314.